The van der Waals surface area contributed by atoms with Crippen LogP contribution in [0.2, 0.25) is 0 Å². The molecule has 124 valence electrons. The Labute approximate surface area is 141 Å². The van der Waals surface area contributed by atoms with Crippen LogP contribution in [-0.4, -0.2) is 25.2 Å². The number of hydrogen-bond donors (Lipinski definition) is 1. The van der Waals surface area contributed by atoms with Crippen molar-refractivity contribution in [3.63, 3.8) is 0 Å². The van der Waals surface area contributed by atoms with Gasteiger partial charge in [-0.2, -0.15) is 0 Å². The molecule has 6 nitrogen and oxygen atoms in total. The van der Waals surface area contributed by atoms with Crippen LogP contribution in [0.5, 0.6) is 0 Å². The van der Waals surface area contributed by atoms with Crippen LogP contribution < -0.4 is 5.32 Å². The molecule has 3 aromatic rings. The fraction of sp³-hybridized carbons (Fsp3) is 0.278. The molecule has 0 spiro atoms. The van der Waals surface area contributed by atoms with Gasteiger partial charge in [-0.3, -0.25) is 4.79 Å². The Morgan fingerprint density at radius 3 is 2.62 bits per heavy atom. The second-order valence-electron chi connectivity index (χ2n) is 5.68. The van der Waals surface area contributed by atoms with E-state index < -0.39 is 0 Å². The van der Waals surface area contributed by atoms with Gasteiger partial charge in [-0.15, -0.1) is 10.2 Å². The lowest BCUT2D eigenvalue weighted by Gasteiger charge is -2.08. The molecular formula is C18H21N5O. The van der Waals surface area contributed by atoms with Gasteiger partial charge in [0.2, 0.25) is 0 Å². The maximum Gasteiger partial charge on any atom is 0.251 e. The predicted molar refractivity (Wildman–Crippen MR) is 91.5 cm³/mol. The van der Waals surface area contributed by atoms with Crippen molar-refractivity contribution in [2.45, 2.75) is 33.0 Å². The summed E-state index contributed by atoms with van der Waals surface area (Å²) in [6.07, 6.45) is 6.74. The van der Waals surface area contributed by atoms with Crippen molar-refractivity contribution in [1.82, 2.24) is 24.6 Å². The van der Waals surface area contributed by atoms with E-state index in [1.807, 2.05) is 53.4 Å². The third-order valence-electron chi connectivity index (χ3n) is 3.81. The van der Waals surface area contributed by atoms with Crippen molar-refractivity contribution >= 4 is 5.91 Å². The van der Waals surface area contributed by atoms with E-state index in [0.29, 0.717) is 12.1 Å². The molecule has 0 saturated heterocycles. The summed E-state index contributed by atoms with van der Waals surface area (Å²) in [6.45, 7) is 4.13. The van der Waals surface area contributed by atoms with E-state index in [1.54, 1.807) is 6.33 Å². The summed E-state index contributed by atoms with van der Waals surface area (Å²) in [5.74, 6) is 0.669. The maximum absolute atomic E-state index is 12.3. The number of carbonyl (C=O) groups excluding carboxylic acids is 1. The first-order valence-electron chi connectivity index (χ1n) is 8.11. The van der Waals surface area contributed by atoms with Gasteiger partial charge < -0.3 is 14.5 Å². The second-order valence-corrected chi connectivity index (χ2v) is 5.68. The van der Waals surface area contributed by atoms with Crippen LogP contribution in [0, 0.1) is 0 Å². The molecule has 0 bridgehead atoms. The summed E-state index contributed by atoms with van der Waals surface area (Å²) in [4.78, 5) is 12.3. The zero-order chi connectivity index (χ0) is 16.8. The number of aryl methyl sites for hydroxylation is 1. The molecule has 1 aromatic carbocycles. The fourth-order valence-corrected chi connectivity index (χ4v) is 2.55. The number of nitrogens with one attached hydrogen (secondary N) is 1. The number of carbonyl (C=O) groups is 1. The average molecular weight is 323 g/mol. The molecule has 6 heteroatoms. The molecule has 1 N–H and O–H groups in total. The zero-order valence-electron chi connectivity index (χ0n) is 13.7. The summed E-state index contributed by atoms with van der Waals surface area (Å²) in [5, 5.41) is 10.8. The van der Waals surface area contributed by atoms with Gasteiger partial charge in [-0.25, -0.2) is 0 Å². The molecule has 24 heavy (non-hydrogen) atoms. The van der Waals surface area contributed by atoms with Crippen LogP contribution in [0.3, 0.4) is 0 Å². The lowest BCUT2D eigenvalue weighted by molar-refractivity contribution is 0.0949. The maximum atomic E-state index is 12.3. The first-order valence-corrected chi connectivity index (χ1v) is 8.11. The monoisotopic (exact) mass is 323 g/mol. The summed E-state index contributed by atoms with van der Waals surface area (Å²) >= 11 is 0. The van der Waals surface area contributed by atoms with Crippen LogP contribution >= 0.6 is 0 Å². The van der Waals surface area contributed by atoms with Crippen molar-refractivity contribution in [2.75, 3.05) is 0 Å². The minimum absolute atomic E-state index is 0.103. The highest BCUT2D eigenvalue weighted by Crippen LogP contribution is 2.07. The minimum atomic E-state index is -0.103. The van der Waals surface area contributed by atoms with Crippen LogP contribution in [-0.2, 0) is 19.6 Å². The number of benzene rings is 1. The molecule has 0 aliphatic carbocycles. The van der Waals surface area contributed by atoms with Gasteiger partial charge in [0.1, 0.15) is 6.33 Å². The number of aromatic nitrogens is 4. The second kappa shape index (κ2) is 7.59. The van der Waals surface area contributed by atoms with Crippen LogP contribution in [0.25, 0.3) is 0 Å². The standard InChI is InChI=1S/C18H21N5O/c1-2-9-23-14-20-21-17(23)12-19-18(24)16-7-5-15(6-8-16)13-22-10-3-4-11-22/h3-8,10-11,14H,2,9,12-13H2,1H3,(H,19,24). The molecule has 2 heterocycles. The molecule has 0 saturated carbocycles. The molecule has 0 aliphatic heterocycles. The highest BCUT2D eigenvalue weighted by atomic mass is 16.1. The molecule has 0 radical (unpaired) electrons. The number of nitrogens with zero attached hydrogens (tertiary/aromatic N) is 4. The van der Waals surface area contributed by atoms with E-state index in [9.17, 15) is 4.79 Å². The van der Waals surface area contributed by atoms with Gasteiger partial charge in [0.25, 0.3) is 5.91 Å². The van der Waals surface area contributed by atoms with Crippen LogP contribution in [0.15, 0.2) is 55.1 Å². The van der Waals surface area contributed by atoms with Crippen LogP contribution in [0.4, 0.5) is 0 Å². The van der Waals surface area contributed by atoms with Gasteiger partial charge >= 0.3 is 0 Å². The number of rotatable bonds is 7. The molecule has 0 aliphatic rings. The quantitative estimate of drug-likeness (QED) is 0.726. The highest BCUT2D eigenvalue weighted by molar-refractivity contribution is 5.94. The Hall–Kier alpha value is -2.89. The van der Waals surface area contributed by atoms with Gasteiger partial charge in [0.15, 0.2) is 5.82 Å². The topological polar surface area (TPSA) is 64.7 Å². The van der Waals surface area contributed by atoms with Gasteiger partial charge in [-0.05, 0) is 36.2 Å². The lowest BCUT2D eigenvalue weighted by Crippen LogP contribution is -2.24. The normalized spacial score (nSPS) is 10.7. The minimum Gasteiger partial charge on any atom is -0.350 e. The average Bonchev–Trinajstić information content (AvgIpc) is 3.26. The Kier molecular flexibility index (Phi) is 5.05. The zero-order valence-corrected chi connectivity index (χ0v) is 13.7. The van der Waals surface area contributed by atoms with Crippen molar-refractivity contribution in [1.29, 1.82) is 0 Å². The van der Waals surface area contributed by atoms with E-state index in [1.165, 1.54) is 0 Å². The molecule has 1 amide bonds. The fourth-order valence-electron chi connectivity index (χ4n) is 2.55. The van der Waals surface area contributed by atoms with Crippen molar-refractivity contribution in [3.05, 3.63) is 72.1 Å². The Morgan fingerprint density at radius 2 is 1.92 bits per heavy atom. The van der Waals surface area contributed by atoms with Gasteiger partial charge in [0, 0.05) is 31.0 Å². The van der Waals surface area contributed by atoms with Gasteiger partial charge in [0.05, 0.1) is 6.54 Å². The van der Waals surface area contributed by atoms with Crippen molar-refractivity contribution in [2.24, 2.45) is 0 Å². The molecule has 0 atom stereocenters. The SMILES string of the molecule is CCCn1cnnc1CNC(=O)c1ccc(Cn2cccc2)cc1. The number of amides is 1. The van der Waals surface area contributed by atoms with E-state index in [2.05, 4.69) is 27.0 Å². The largest absolute Gasteiger partial charge is 0.350 e. The third-order valence-corrected chi connectivity index (χ3v) is 3.81. The van der Waals surface area contributed by atoms with E-state index in [-0.39, 0.29) is 5.91 Å². The number of hydrogen-bond acceptors (Lipinski definition) is 3. The van der Waals surface area contributed by atoms with Crippen LogP contribution in [0.1, 0.15) is 35.1 Å². The van der Waals surface area contributed by atoms with Crippen molar-refractivity contribution < 1.29 is 4.79 Å². The first kappa shape index (κ1) is 16.0. The highest BCUT2D eigenvalue weighted by Gasteiger charge is 2.08. The lowest BCUT2D eigenvalue weighted by atomic mass is 10.1. The molecule has 2 aromatic heterocycles. The third kappa shape index (κ3) is 3.90. The van der Waals surface area contributed by atoms with E-state index in [4.69, 9.17) is 0 Å². The molecule has 0 unspecified atom stereocenters. The Balaban J connectivity index is 1.57. The summed E-state index contributed by atoms with van der Waals surface area (Å²) in [6, 6.07) is 11.7. The summed E-state index contributed by atoms with van der Waals surface area (Å²) in [5.41, 5.74) is 1.80. The summed E-state index contributed by atoms with van der Waals surface area (Å²) in [7, 11) is 0. The predicted octanol–water partition coefficient (Wildman–Crippen LogP) is 2.47. The van der Waals surface area contributed by atoms with Gasteiger partial charge in [-0.1, -0.05) is 19.1 Å². The van der Waals surface area contributed by atoms with E-state index in [0.717, 1.165) is 30.9 Å². The molecular weight excluding hydrogens is 302 g/mol. The Morgan fingerprint density at radius 1 is 1.17 bits per heavy atom. The smallest absolute Gasteiger partial charge is 0.251 e. The summed E-state index contributed by atoms with van der Waals surface area (Å²) < 4.78 is 4.05. The molecule has 3 rings (SSSR count). The first-order chi connectivity index (χ1) is 11.8. The molecule has 0 fully saturated rings. The van der Waals surface area contributed by atoms with E-state index >= 15 is 0 Å². The van der Waals surface area contributed by atoms with Crippen molar-refractivity contribution in [3.8, 4) is 0 Å². The Bertz CT molecular complexity index is 774.